The Morgan fingerprint density at radius 2 is 2.05 bits per heavy atom. The third kappa shape index (κ3) is 7.59. The third-order valence-corrected chi connectivity index (χ3v) is 2.34. The fraction of sp³-hybridized carbons (Fsp3) is 0.167. The molecule has 2 rings (SSSR count). The fourth-order valence-electron chi connectivity index (χ4n) is 1.01. The molecule has 0 atom stereocenters. The van der Waals surface area contributed by atoms with Crippen molar-refractivity contribution in [2.75, 3.05) is 0 Å². The molecule has 0 aliphatic carbocycles. The van der Waals surface area contributed by atoms with Gasteiger partial charge < -0.3 is 15.1 Å². The summed E-state index contributed by atoms with van der Waals surface area (Å²) in [6, 6.07) is 0. The molecule has 0 bridgehead atoms. The number of nitrogens with zero attached hydrogens (tertiary/aromatic N) is 3. The van der Waals surface area contributed by atoms with E-state index in [4.69, 9.17) is 5.11 Å². The SMILES string of the molecule is CC(=O)/C=C(/C)O.[Pt].[c-]1nccnc1-c1nccs1. The van der Waals surface area contributed by atoms with Gasteiger partial charge >= 0.3 is 0 Å². The zero-order chi connectivity index (χ0) is 13.4. The Labute approximate surface area is 129 Å². The van der Waals surface area contributed by atoms with Crippen molar-refractivity contribution in [2.45, 2.75) is 13.8 Å². The van der Waals surface area contributed by atoms with Gasteiger partial charge in [0.15, 0.2) is 5.78 Å². The molecule has 0 aliphatic rings. The second-order valence-corrected chi connectivity index (χ2v) is 4.14. The van der Waals surface area contributed by atoms with Gasteiger partial charge in [0.05, 0.1) is 5.76 Å². The van der Waals surface area contributed by atoms with Gasteiger partial charge in [-0.3, -0.25) is 9.78 Å². The summed E-state index contributed by atoms with van der Waals surface area (Å²) in [6.45, 7) is 2.85. The number of hydrogen-bond donors (Lipinski definition) is 1. The van der Waals surface area contributed by atoms with Gasteiger partial charge in [-0.15, -0.1) is 0 Å². The van der Waals surface area contributed by atoms with E-state index in [2.05, 4.69) is 21.1 Å². The zero-order valence-corrected chi connectivity index (χ0v) is 13.4. The van der Waals surface area contributed by atoms with Crippen LogP contribution in [0.1, 0.15) is 13.8 Å². The summed E-state index contributed by atoms with van der Waals surface area (Å²) in [5.74, 6) is -0.0625. The molecule has 5 nitrogen and oxygen atoms in total. The molecule has 1 N–H and O–H groups in total. The van der Waals surface area contributed by atoms with Crippen molar-refractivity contribution in [1.82, 2.24) is 15.0 Å². The number of hydrogen-bond acceptors (Lipinski definition) is 6. The Balaban J connectivity index is 0.000000360. The molecule has 0 saturated heterocycles. The fourth-order valence-corrected chi connectivity index (χ4v) is 1.59. The van der Waals surface area contributed by atoms with E-state index in [1.165, 1.54) is 31.3 Å². The molecule has 19 heavy (non-hydrogen) atoms. The van der Waals surface area contributed by atoms with Crippen LogP contribution in [-0.2, 0) is 25.9 Å². The first-order chi connectivity index (χ1) is 8.59. The minimum Gasteiger partial charge on any atom is -0.512 e. The Morgan fingerprint density at radius 3 is 2.42 bits per heavy atom. The number of aromatic nitrogens is 3. The van der Waals surface area contributed by atoms with Crippen LogP contribution in [0.15, 0.2) is 35.8 Å². The van der Waals surface area contributed by atoms with Crippen molar-refractivity contribution in [3.8, 4) is 10.7 Å². The Kier molecular flexibility index (Phi) is 8.83. The first-order valence-corrected chi connectivity index (χ1v) is 5.94. The van der Waals surface area contributed by atoms with Gasteiger partial charge in [0.1, 0.15) is 0 Å². The number of carbonyl (C=O) groups is 1. The molecule has 7 heteroatoms. The Bertz CT molecular complexity index is 511. The maximum absolute atomic E-state index is 10.0. The quantitative estimate of drug-likeness (QED) is 0.426. The van der Waals surface area contributed by atoms with Gasteiger partial charge in [0, 0.05) is 44.0 Å². The van der Waals surface area contributed by atoms with E-state index < -0.39 is 0 Å². The van der Waals surface area contributed by atoms with Crippen LogP contribution in [0.2, 0.25) is 0 Å². The molecule has 2 aromatic heterocycles. The molecule has 104 valence electrons. The maximum atomic E-state index is 10.0. The van der Waals surface area contributed by atoms with Crippen LogP contribution in [0.25, 0.3) is 10.7 Å². The second-order valence-electron chi connectivity index (χ2n) is 3.25. The van der Waals surface area contributed by atoms with Crippen molar-refractivity contribution >= 4 is 17.1 Å². The molecule has 2 heterocycles. The van der Waals surface area contributed by atoms with E-state index >= 15 is 0 Å². The molecule has 0 radical (unpaired) electrons. The summed E-state index contributed by atoms with van der Waals surface area (Å²) in [4.78, 5) is 22.0. The molecule has 0 aliphatic heterocycles. The van der Waals surface area contributed by atoms with Crippen LogP contribution in [0.5, 0.6) is 0 Å². The van der Waals surface area contributed by atoms with Crippen molar-refractivity contribution in [3.63, 3.8) is 0 Å². The monoisotopic (exact) mass is 457 g/mol. The van der Waals surface area contributed by atoms with Crippen LogP contribution in [-0.4, -0.2) is 25.8 Å². The van der Waals surface area contributed by atoms with Gasteiger partial charge in [-0.25, -0.2) is 0 Å². The van der Waals surface area contributed by atoms with Crippen LogP contribution in [0.3, 0.4) is 0 Å². The predicted molar refractivity (Wildman–Crippen MR) is 69.0 cm³/mol. The Hall–Kier alpha value is -1.39. The largest absolute Gasteiger partial charge is 0.512 e. The number of thiazole rings is 1. The summed E-state index contributed by atoms with van der Waals surface area (Å²) in [5, 5.41) is 11.1. The van der Waals surface area contributed by atoms with Gasteiger partial charge in [-0.05, 0) is 25.4 Å². The average molecular weight is 457 g/mol. The van der Waals surface area contributed by atoms with E-state index in [9.17, 15) is 4.79 Å². The normalized spacial score (nSPS) is 9.89. The smallest absolute Gasteiger partial charge is 0.155 e. The average Bonchev–Trinajstić information content (AvgIpc) is 2.82. The van der Waals surface area contributed by atoms with Gasteiger partial charge in [-0.2, -0.15) is 11.3 Å². The first-order valence-electron chi connectivity index (χ1n) is 5.06. The summed E-state index contributed by atoms with van der Waals surface area (Å²) >= 11 is 1.53. The number of aliphatic hydroxyl groups is 1. The van der Waals surface area contributed by atoms with Crippen LogP contribution in [0, 0.1) is 6.20 Å². The summed E-state index contributed by atoms with van der Waals surface area (Å²) in [5.41, 5.74) is 0.711. The molecular weight excluding hydrogens is 445 g/mol. The molecule has 0 saturated carbocycles. The number of rotatable bonds is 2. The molecule has 0 unspecified atom stereocenters. The zero-order valence-electron chi connectivity index (χ0n) is 10.3. The van der Waals surface area contributed by atoms with E-state index in [1.807, 2.05) is 5.38 Å². The van der Waals surface area contributed by atoms with E-state index in [1.54, 1.807) is 18.6 Å². The number of ketones is 1. The Morgan fingerprint density at radius 1 is 1.32 bits per heavy atom. The number of allylic oxidation sites excluding steroid dienone is 2. The van der Waals surface area contributed by atoms with Crippen molar-refractivity contribution in [2.24, 2.45) is 0 Å². The number of carbonyl (C=O) groups excluding carboxylic acids is 1. The van der Waals surface area contributed by atoms with E-state index in [-0.39, 0.29) is 32.6 Å². The van der Waals surface area contributed by atoms with Gasteiger partial charge in [-0.1, -0.05) is 12.4 Å². The number of aliphatic hydroxyl groups excluding tert-OH is 1. The van der Waals surface area contributed by atoms with E-state index in [0.29, 0.717) is 5.69 Å². The van der Waals surface area contributed by atoms with Gasteiger partial charge in [0.25, 0.3) is 0 Å². The topological polar surface area (TPSA) is 76.0 Å². The molecule has 2 aromatic rings. The standard InChI is InChI=1S/C7H4N3S.C5H8O2.Pt/c1-2-9-6(5-8-1)7-10-3-4-11-7;1-4(6)3-5(2)7;/h1-4H;3,6H,1-2H3;/q-1;;/b;4-3-;. The summed E-state index contributed by atoms with van der Waals surface area (Å²) in [7, 11) is 0. The minimum atomic E-state index is -0.125. The minimum absolute atomic E-state index is 0. The van der Waals surface area contributed by atoms with Crippen LogP contribution in [0.4, 0.5) is 0 Å². The van der Waals surface area contributed by atoms with Crippen molar-refractivity contribution in [3.05, 3.63) is 42.0 Å². The molecular formula is C12H12N3O2PtS-. The molecule has 0 amide bonds. The van der Waals surface area contributed by atoms with Crippen molar-refractivity contribution in [1.29, 1.82) is 0 Å². The first kappa shape index (κ1) is 17.6. The van der Waals surface area contributed by atoms with Gasteiger partial charge in [0.2, 0.25) is 0 Å². The molecule has 0 spiro atoms. The summed E-state index contributed by atoms with van der Waals surface area (Å²) in [6.07, 6.45) is 8.89. The maximum Gasteiger partial charge on any atom is 0.155 e. The molecule has 0 fully saturated rings. The second kappa shape index (κ2) is 9.53. The predicted octanol–water partition coefficient (Wildman–Crippen LogP) is 2.43. The van der Waals surface area contributed by atoms with E-state index in [0.717, 1.165) is 5.01 Å². The third-order valence-electron chi connectivity index (χ3n) is 1.56. The van der Waals surface area contributed by atoms with Crippen LogP contribution >= 0.6 is 11.3 Å². The summed E-state index contributed by atoms with van der Waals surface area (Å²) < 4.78 is 0. The van der Waals surface area contributed by atoms with Crippen LogP contribution < -0.4 is 0 Å². The van der Waals surface area contributed by atoms with Crippen molar-refractivity contribution < 1.29 is 31.0 Å². The molecule has 0 aromatic carbocycles.